The van der Waals surface area contributed by atoms with Crippen LogP contribution < -0.4 is 5.73 Å². The summed E-state index contributed by atoms with van der Waals surface area (Å²) >= 11 is 1.50. The molecule has 0 radical (unpaired) electrons. The predicted octanol–water partition coefficient (Wildman–Crippen LogP) is 0.538. The highest BCUT2D eigenvalue weighted by molar-refractivity contribution is 7.16. The summed E-state index contributed by atoms with van der Waals surface area (Å²) in [6, 6.07) is 0. The lowest BCUT2D eigenvalue weighted by atomic mass is 10.00. The van der Waals surface area contributed by atoms with Crippen LogP contribution in [0.5, 0.6) is 0 Å². The third kappa shape index (κ3) is 1.60. The Morgan fingerprint density at radius 2 is 2.19 bits per heavy atom. The second-order valence-electron chi connectivity index (χ2n) is 3.84. The zero-order valence-corrected chi connectivity index (χ0v) is 9.61. The number of nitrogens with two attached hydrogens (primary N) is 1. The zero-order chi connectivity index (χ0) is 11.0. The topological polar surface area (TPSA) is 78.3 Å². The summed E-state index contributed by atoms with van der Waals surface area (Å²) in [5.74, 6) is 1.37. The quantitative estimate of drug-likeness (QED) is 0.827. The van der Waals surface area contributed by atoms with E-state index in [-0.39, 0.29) is 0 Å². The Morgan fingerprint density at radius 3 is 2.94 bits per heavy atom. The van der Waals surface area contributed by atoms with Crippen LogP contribution in [0.15, 0.2) is 0 Å². The van der Waals surface area contributed by atoms with E-state index in [1.165, 1.54) is 11.3 Å². The molecule has 6 nitrogen and oxygen atoms in total. The Bertz CT molecular complexity index is 487. The number of fused-ring (bicyclic) bond motifs is 1. The van der Waals surface area contributed by atoms with Crippen molar-refractivity contribution in [1.82, 2.24) is 19.8 Å². The largest absolute Gasteiger partial charge is 0.381 e. The van der Waals surface area contributed by atoms with E-state index in [1.54, 1.807) is 0 Å². The van der Waals surface area contributed by atoms with Crippen molar-refractivity contribution in [2.75, 3.05) is 13.2 Å². The van der Waals surface area contributed by atoms with Crippen LogP contribution in [0.3, 0.4) is 0 Å². The van der Waals surface area contributed by atoms with Gasteiger partial charge in [0.25, 0.3) is 0 Å². The van der Waals surface area contributed by atoms with Gasteiger partial charge in [0.1, 0.15) is 5.01 Å². The van der Waals surface area contributed by atoms with Crippen LogP contribution in [-0.2, 0) is 11.3 Å². The van der Waals surface area contributed by atoms with Gasteiger partial charge in [-0.15, -0.1) is 10.2 Å². The van der Waals surface area contributed by atoms with E-state index >= 15 is 0 Å². The molecule has 0 amide bonds. The first-order valence-corrected chi connectivity index (χ1v) is 6.19. The molecule has 1 aliphatic rings. The fourth-order valence-electron chi connectivity index (χ4n) is 1.96. The minimum atomic E-state index is 0.413. The van der Waals surface area contributed by atoms with Crippen LogP contribution in [-0.4, -0.2) is 33.0 Å². The van der Waals surface area contributed by atoms with Crippen LogP contribution >= 0.6 is 11.3 Å². The smallest absolute Gasteiger partial charge is 0.234 e. The van der Waals surface area contributed by atoms with E-state index in [0.717, 1.165) is 41.8 Å². The molecule has 2 N–H and O–H groups in total. The molecule has 1 saturated heterocycles. The molecule has 2 aromatic rings. The highest BCUT2D eigenvalue weighted by atomic mass is 32.1. The molecule has 0 aromatic carbocycles. The first kappa shape index (κ1) is 10.1. The molecular weight excluding hydrogens is 226 g/mol. The summed E-state index contributed by atoms with van der Waals surface area (Å²) in [5.41, 5.74) is 5.57. The summed E-state index contributed by atoms with van der Waals surface area (Å²) in [7, 11) is 0. The van der Waals surface area contributed by atoms with E-state index in [2.05, 4.69) is 15.3 Å². The molecule has 0 saturated carbocycles. The zero-order valence-electron chi connectivity index (χ0n) is 8.80. The maximum Gasteiger partial charge on any atom is 0.234 e. The monoisotopic (exact) mass is 239 g/mol. The van der Waals surface area contributed by atoms with Gasteiger partial charge in [0.2, 0.25) is 4.96 Å². The van der Waals surface area contributed by atoms with Gasteiger partial charge in [0.05, 0.1) is 0 Å². The third-order valence-electron chi connectivity index (χ3n) is 2.82. The summed E-state index contributed by atoms with van der Waals surface area (Å²) < 4.78 is 7.18. The van der Waals surface area contributed by atoms with Crippen molar-refractivity contribution >= 4 is 16.3 Å². The van der Waals surface area contributed by atoms with Gasteiger partial charge in [-0.3, -0.25) is 0 Å². The Morgan fingerprint density at radius 1 is 1.38 bits per heavy atom. The molecule has 1 aliphatic heterocycles. The number of ether oxygens (including phenoxy) is 1. The lowest BCUT2D eigenvalue weighted by molar-refractivity contribution is 0.0831. The van der Waals surface area contributed by atoms with Crippen LogP contribution in [0.1, 0.15) is 29.6 Å². The molecule has 0 bridgehead atoms. The van der Waals surface area contributed by atoms with Crippen LogP contribution in [0, 0.1) is 0 Å². The SMILES string of the molecule is NCc1nn2c(C3CCOCC3)nnc2s1. The van der Waals surface area contributed by atoms with E-state index in [0.29, 0.717) is 12.5 Å². The van der Waals surface area contributed by atoms with E-state index in [4.69, 9.17) is 10.5 Å². The molecule has 2 aromatic heterocycles. The number of nitrogens with zero attached hydrogens (tertiary/aromatic N) is 4. The molecule has 16 heavy (non-hydrogen) atoms. The van der Waals surface area contributed by atoms with Gasteiger partial charge in [-0.05, 0) is 12.8 Å². The molecule has 7 heteroatoms. The average molecular weight is 239 g/mol. The number of hydrogen-bond donors (Lipinski definition) is 1. The molecule has 0 unspecified atom stereocenters. The maximum atomic E-state index is 5.57. The standard InChI is InChI=1S/C9H13N5OS/c10-5-7-13-14-8(11-12-9(14)16-7)6-1-3-15-4-2-6/h6H,1-5,10H2. The second kappa shape index (κ2) is 4.08. The van der Waals surface area contributed by atoms with Gasteiger partial charge in [-0.2, -0.15) is 9.61 Å². The van der Waals surface area contributed by atoms with Gasteiger partial charge in [0, 0.05) is 25.7 Å². The Balaban J connectivity index is 1.98. The Labute approximate surface area is 96.4 Å². The average Bonchev–Trinajstić information content (AvgIpc) is 2.88. The second-order valence-corrected chi connectivity index (χ2v) is 4.88. The van der Waals surface area contributed by atoms with Crippen molar-refractivity contribution in [3.05, 3.63) is 10.8 Å². The normalized spacial score (nSPS) is 18.3. The van der Waals surface area contributed by atoms with E-state index in [9.17, 15) is 0 Å². The van der Waals surface area contributed by atoms with Gasteiger partial charge in [0.15, 0.2) is 5.82 Å². The van der Waals surface area contributed by atoms with Gasteiger partial charge in [-0.1, -0.05) is 11.3 Å². The Kier molecular flexibility index (Phi) is 2.58. The fraction of sp³-hybridized carbons (Fsp3) is 0.667. The van der Waals surface area contributed by atoms with Crippen molar-refractivity contribution < 1.29 is 4.74 Å². The van der Waals surface area contributed by atoms with E-state index in [1.807, 2.05) is 4.52 Å². The summed E-state index contributed by atoms with van der Waals surface area (Å²) in [5, 5.41) is 13.7. The first-order chi connectivity index (χ1) is 7.88. The molecule has 0 aliphatic carbocycles. The van der Waals surface area contributed by atoms with Gasteiger partial charge >= 0.3 is 0 Å². The van der Waals surface area contributed by atoms with Gasteiger partial charge < -0.3 is 10.5 Å². The predicted molar refractivity (Wildman–Crippen MR) is 59.3 cm³/mol. The van der Waals surface area contributed by atoms with Crippen LogP contribution in [0.25, 0.3) is 4.96 Å². The van der Waals surface area contributed by atoms with Gasteiger partial charge in [-0.25, -0.2) is 0 Å². The highest BCUT2D eigenvalue weighted by Gasteiger charge is 2.22. The molecule has 1 fully saturated rings. The van der Waals surface area contributed by atoms with Crippen molar-refractivity contribution in [2.45, 2.75) is 25.3 Å². The molecule has 3 rings (SSSR count). The van der Waals surface area contributed by atoms with Crippen molar-refractivity contribution in [3.63, 3.8) is 0 Å². The van der Waals surface area contributed by atoms with Crippen molar-refractivity contribution in [3.8, 4) is 0 Å². The minimum Gasteiger partial charge on any atom is -0.381 e. The van der Waals surface area contributed by atoms with Crippen molar-refractivity contribution in [1.29, 1.82) is 0 Å². The highest BCUT2D eigenvalue weighted by Crippen LogP contribution is 2.26. The number of rotatable bonds is 2. The molecule has 0 spiro atoms. The minimum absolute atomic E-state index is 0.413. The Hall–Kier alpha value is -1.05. The molecule has 0 atom stereocenters. The first-order valence-electron chi connectivity index (χ1n) is 5.37. The summed E-state index contributed by atoms with van der Waals surface area (Å²) in [6.07, 6.45) is 1.99. The molecular formula is C9H13N5OS. The van der Waals surface area contributed by atoms with Crippen LogP contribution in [0.4, 0.5) is 0 Å². The van der Waals surface area contributed by atoms with Crippen LogP contribution in [0.2, 0.25) is 0 Å². The molecule has 86 valence electrons. The lowest BCUT2D eigenvalue weighted by Crippen LogP contribution is -2.16. The maximum absolute atomic E-state index is 5.57. The summed E-state index contributed by atoms with van der Waals surface area (Å²) in [4.78, 5) is 0.835. The summed E-state index contributed by atoms with van der Waals surface area (Å²) in [6.45, 7) is 2.06. The third-order valence-corrected chi connectivity index (χ3v) is 3.74. The lowest BCUT2D eigenvalue weighted by Gasteiger charge is -2.19. The molecule has 3 heterocycles. The van der Waals surface area contributed by atoms with E-state index < -0.39 is 0 Å². The fourth-order valence-corrected chi connectivity index (χ4v) is 2.68. The number of hydrogen-bond acceptors (Lipinski definition) is 6. The number of aromatic nitrogens is 4. The van der Waals surface area contributed by atoms with Crippen molar-refractivity contribution in [2.24, 2.45) is 5.73 Å².